The van der Waals surface area contributed by atoms with Crippen molar-refractivity contribution >= 4 is 15.9 Å². The average Bonchev–Trinajstić information content (AvgIpc) is 3.22. The van der Waals surface area contributed by atoms with Crippen molar-refractivity contribution in [3.8, 4) is 0 Å². The molecule has 1 aromatic heterocycles. The zero-order valence-electron chi connectivity index (χ0n) is 15.1. The van der Waals surface area contributed by atoms with E-state index in [0.717, 1.165) is 45.2 Å². The SMILES string of the molecule is CNCC1CCCN1C(=O)c1cc(S(=O)(=O)N2CCCCC2)cn1C. The summed E-state index contributed by atoms with van der Waals surface area (Å²) in [6, 6.07) is 1.72. The first-order valence-corrected chi connectivity index (χ1v) is 10.5. The summed E-state index contributed by atoms with van der Waals surface area (Å²) >= 11 is 0. The fraction of sp³-hybridized carbons (Fsp3) is 0.706. The minimum atomic E-state index is -3.52. The standard InChI is InChI=1S/C17H28N4O3S/c1-18-12-14-7-6-10-21(14)17(22)16-11-15(13-19(16)2)25(23,24)20-8-4-3-5-9-20/h11,13-14,18H,3-10,12H2,1-2H3. The van der Waals surface area contributed by atoms with Gasteiger partial charge in [-0.2, -0.15) is 4.31 Å². The molecule has 2 fully saturated rings. The van der Waals surface area contributed by atoms with Gasteiger partial charge in [-0.3, -0.25) is 4.79 Å². The van der Waals surface area contributed by atoms with Gasteiger partial charge in [-0.15, -0.1) is 0 Å². The quantitative estimate of drug-likeness (QED) is 0.842. The highest BCUT2D eigenvalue weighted by atomic mass is 32.2. The van der Waals surface area contributed by atoms with Crippen molar-refractivity contribution in [1.82, 2.24) is 19.1 Å². The van der Waals surface area contributed by atoms with E-state index in [9.17, 15) is 13.2 Å². The monoisotopic (exact) mass is 368 g/mol. The molecule has 0 saturated carbocycles. The summed E-state index contributed by atoms with van der Waals surface area (Å²) in [6.07, 6.45) is 6.42. The van der Waals surface area contributed by atoms with Crippen LogP contribution < -0.4 is 5.32 Å². The van der Waals surface area contributed by atoms with Gasteiger partial charge in [-0.1, -0.05) is 6.42 Å². The van der Waals surface area contributed by atoms with Gasteiger partial charge in [0.05, 0.1) is 0 Å². The Bertz CT molecular complexity index is 722. The minimum absolute atomic E-state index is 0.0830. The third-order valence-electron chi connectivity index (χ3n) is 5.23. The Morgan fingerprint density at radius 2 is 1.92 bits per heavy atom. The molecule has 0 spiro atoms. The molecule has 0 radical (unpaired) electrons. The maximum atomic E-state index is 12.9. The van der Waals surface area contributed by atoms with Crippen LogP contribution in [0.15, 0.2) is 17.2 Å². The number of aromatic nitrogens is 1. The highest BCUT2D eigenvalue weighted by molar-refractivity contribution is 7.89. The Kier molecular flexibility index (Phi) is 5.50. The lowest BCUT2D eigenvalue weighted by atomic mass is 10.2. The molecule has 140 valence electrons. The predicted octanol–water partition coefficient (Wildman–Crippen LogP) is 1.02. The zero-order valence-corrected chi connectivity index (χ0v) is 15.9. The number of hydrogen-bond donors (Lipinski definition) is 1. The lowest BCUT2D eigenvalue weighted by molar-refractivity contribution is 0.0727. The summed E-state index contributed by atoms with van der Waals surface area (Å²) in [5, 5.41) is 3.13. The van der Waals surface area contributed by atoms with Crippen molar-refractivity contribution < 1.29 is 13.2 Å². The molecule has 1 amide bonds. The molecule has 3 heterocycles. The molecular formula is C17H28N4O3S. The molecule has 3 rings (SSSR count). The fourth-order valence-corrected chi connectivity index (χ4v) is 5.43. The molecule has 2 saturated heterocycles. The van der Waals surface area contributed by atoms with Crippen molar-refractivity contribution in [3.63, 3.8) is 0 Å². The number of aryl methyl sites for hydroxylation is 1. The van der Waals surface area contributed by atoms with Crippen LogP contribution in [0, 0.1) is 0 Å². The molecule has 8 heteroatoms. The maximum Gasteiger partial charge on any atom is 0.270 e. The zero-order chi connectivity index (χ0) is 18.0. The van der Waals surface area contributed by atoms with E-state index in [1.165, 1.54) is 0 Å². The van der Waals surface area contributed by atoms with Crippen molar-refractivity contribution in [1.29, 1.82) is 0 Å². The summed E-state index contributed by atoms with van der Waals surface area (Å²) < 4.78 is 28.9. The van der Waals surface area contributed by atoms with E-state index >= 15 is 0 Å². The molecule has 0 aliphatic carbocycles. The lowest BCUT2D eigenvalue weighted by Crippen LogP contribution is -2.41. The van der Waals surface area contributed by atoms with E-state index in [1.54, 1.807) is 28.2 Å². The second kappa shape index (κ2) is 7.47. The Balaban J connectivity index is 1.83. The van der Waals surface area contributed by atoms with Gasteiger partial charge in [0.25, 0.3) is 5.91 Å². The Labute approximate surface area is 150 Å². The van der Waals surface area contributed by atoms with Gasteiger partial charge in [0.15, 0.2) is 0 Å². The first-order chi connectivity index (χ1) is 11.9. The van der Waals surface area contributed by atoms with Crippen LogP contribution in [0.2, 0.25) is 0 Å². The minimum Gasteiger partial charge on any atom is -0.345 e. The van der Waals surface area contributed by atoms with Crippen LogP contribution in [0.4, 0.5) is 0 Å². The van der Waals surface area contributed by atoms with Gasteiger partial charge in [-0.25, -0.2) is 8.42 Å². The highest BCUT2D eigenvalue weighted by Crippen LogP contribution is 2.25. The molecule has 1 unspecified atom stereocenters. The number of carbonyl (C=O) groups excluding carboxylic acids is 1. The first-order valence-electron chi connectivity index (χ1n) is 9.07. The van der Waals surface area contributed by atoms with Crippen LogP contribution in [0.3, 0.4) is 0 Å². The lowest BCUT2D eigenvalue weighted by Gasteiger charge is -2.25. The number of piperidine rings is 1. The molecule has 0 bridgehead atoms. The number of likely N-dealkylation sites (N-methyl/N-ethyl adjacent to an activating group) is 1. The molecule has 7 nitrogen and oxygen atoms in total. The van der Waals surface area contributed by atoms with E-state index in [2.05, 4.69) is 5.32 Å². The third-order valence-corrected chi connectivity index (χ3v) is 7.09. The average molecular weight is 369 g/mol. The Hall–Kier alpha value is -1.38. The molecule has 25 heavy (non-hydrogen) atoms. The first kappa shape index (κ1) is 18.4. The maximum absolute atomic E-state index is 12.9. The van der Waals surface area contributed by atoms with E-state index in [4.69, 9.17) is 0 Å². The number of hydrogen-bond acceptors (Lipinski definition) is 4. The molecular weight excluding hydrogens is 340 g/mol. The van der Waals surface area contributed by atoms with Crippen LogP contribution in [0.5, 0.6) is 0 Å². The second-order valence-corrected chi connectivity index (χ2v) is 8.93. The molecule has 0 aromatic carbocycles. The molecule has 1 N–H and O–H groups in total. The van der Waals surface area contributed by atoms with Crippen molar-refractivity contribution in [2.45, 2.75) is 43.0 Å². The van der Waals surface area contributed by atoms with Crippen molar-refractivity contribution in [2.24, 2.45) is 7.05 Å². The number of nitrogens with zero attached hydrogens (tertiary/aromatic N) is 3. The summed E-state index contributed by atoms with van der Waals surface area (Å²) in [7, 11) is 0.108. The smallest absolute Gasteiger partial charge is 0.270 e. The summed E-state index contributed by atoms with van der Waals surface area (Å²) in [5.74, 6) is -0.0830. The number of amides is 1. The molecule has 2 aliphatic heterocycles. The number of likely N-dealkylation sites (tertiary alicyclic amines) is 1. The van der Waals surface area contributed by atoms with Gasteiger partial charge in [0.2, 0.25) is 10.0 Å². The molecule has 1 atom stereocenters. The van der Waals surface area contributed by atoms with Gasteiger partial charge in [0.1, 0.15) is 10.6 Å². The second-order valence-electron chi connectivity index (χ2n) is 6.99. The fourth-order valence-electron chi connectivity index (χ4n) is 3.84. The van der Waals surface area contributed by atoms with E-state index in [0.29, 0.717) is 18.8 Å². The summed E-state index contributed by atoms with van der Waals surface area (Å²) in [6.45, 7) is 2.62. The molecule has 1 aromatic rings. The topological polar surface area (TPSA) is 74.7 Å². The summed E-state index contributed by atoms with van der Waals surface area (Å²) in [4.78, 5) is 15.0. The number of sulfonamides is 1. The Morgan fingerprint density at radius 1 is 1.20 bits per heavy atom. The number of rotatable bonds is 5. The van der Waals surface area contributed by atoms with Crippen LogP contribution in [0.1, 0.15) is 42.6 Å². The highest BCUT2D eigenvalue weighted by Gasteiger charge is 2.33. The molecule has 2 aliphatic rings. The largest absolute Gasteiger partial charge is 0.345 e. The number of nitrogens with one attached hydrogen (secondary N) is 1. The van der Waals surface area contributed by atoms with Crippen molar-refractivity contribution in [3.05, 3.63) is 18.0 Å². The van der Waals surface area contributed by atoms with Crippen LogP contribution >= 0.6 is 0 Å². The third kappa shape index (κ3) is 3.61. The van der Waals surface area contributed by atoms with Crippen LogP contribution in [-0.2, 0) is 17.1 Å². The normalized spacial score (nSPS) is 22.5. The predicted molar refractivity (Wildman–Crippen MR) is 96.0 cm³/mol. The van der Waals surface area contributed by atoms with Gasteiger partial charge < -0.3 is 14.8 Å². The van der Waals surface area contributed by atoms with E-state index in [-0.39, 0.29) is 16.8 Å². The number of carbonyl (C=O) groups is 1. The van der Waals surface area contributed by atoms with Gasteiger partial charge >= 0.3 is 0 Å². The Morgan fingerprint density at radius 3 is 2.60 bits per heavy atom. The van der Waals surface area contributed by atoms with Gasteiger partial charge in [-0.05, 0) is 38.8 Å². The van der Waals surface area contributed by atoms with Gasteiger partial charge in [0, 0.05) is 45.5 Å². The van der Waals surface area contributed by atoms with Crippen LogP contribution in [0.25, 0.3) is 0 Å². The van der Waals surface area contributed by atoms with E-state index < -0.39 is 10.0 Å². The van der Waals surface area contributed by atoms with Crippen LogP contribution in [-0.4, -0.2) is 67.4 Å². The van der Waals surface area contributed by atoms with E-state index in [1.807, 2.05) is 11.9 Å². The van der Waals surface area contributed by atoms with Crippen molar-refractivity contribution in [2.75, 3.05) is 33.2 Å². The summed E-state index contributed by atoms with van der Waals surface area (Å²) in [5.41, 5.74) is 0.443.